The van der Waals surface area contributed by atoms with Gasteiger partial charge in [0.2, 0.25) is 5.76 Å². The standard InChI is InChI=1S/C13H13F3N4O2/c1-3-4-5-12(19-20-12)6-7-17-10(21)9-8(2)18-11(22-9)13(14,15)16/h1H,4-7H2,2H3,(H,17,21). The summed E-state index contributed by atoms with van der Waals surface area (Å²) in [6.45, 7) is 1.46. The van der Waals surface area contributed by atoms with Gasteiger partial charge in [0, 0.05) is 25.8 Å². The topological polar surface area (TPSA) is 79.9 Å². The first-order chi connectivity index (χ1) is 10.3. The molecule has 0 spiro atoms. The minimum Gasteiger partial charge on any atom is -0.427 e. The molecule has 0 radical (unpaired) electrons. The maximum atomic E-state index is 12.5. The molecule has 9 heteroatoms. The van der Waals surface area contributed by atoms with Crippen molar-refractivity contribution in [2.75, 3.05) is 6.54 Å². The van der Waals surface area contributed by atoms with Crippen molar-refractivity contribution in [3.63, 3.8) is 0 Å². The molecule has 1 N–H and O–H groups in total. The Morgan fingerprint density at radius 1 is 1.41 bits per heavy atom. The van der Waals surface area contributed by atoms with Gasteiger partial charge in [-0.05, 0) is 6.92 Å². The number of nitrogens with one attached hydrogen (secondary N) is 1. The van der Waals surface area contributed by atoms with E-state index in [1.807, 2.05) is 0 Å². The van der Waals surface area contributed by atoms with Crippen LogP contribution in [-0.2, 0) is 6.18 Å². The molecule has 1 amide bonds. The number of hydrogen-bond acceptors (Lipinski definition) is 5. The van der Waals surface area contributed by atoms with Crippen molar-refractivity contribution in [2.24, 2.45) is 10.2 Å². The zero-order valence-corrected chi connectivity index (χ0v) is 11.7. The second-order valence-electron chi connectivity index (χ2n) is 4.82. The fourth-order valence-electron chi connectivity index (χ4n) is 1.85. The number of amides is 1. The molecule has 0 fully saturated rings. The van der Waals surface area contributed by atoms with Gasteiger partial charge in [0.05, 0.1) is 5.69 Å². The number of carbonyl (C=O) groups is 1. The smallest absolute Gasteiger partial charge is 0.427 e. The molecule has 1 aliphatic heterocycles. The Balaban J connectivity index is 1.88. The minimum absolute atomic E-state index is 0.118. The van der Waals surface area contributed by atoms with E-state index in [9.17, 15) is 18.0 Å². The first-order valence-electron chi connectivity index (χ1n) is 6.48. The van der Waals surface area contributed by atoms with E-state index in [1.165, 1.54) is 6.92 Å². The first kappa shape index (κ1) is 16.0. The number of aryl methyl sites for hydroxylation is 1. The van der Waals surface area contributed by atoms with Crippen molar-refractivity contribution in [1.29, 1.82) is 0 Å². The van der Waals surface area contributed by atoms with Crippen molar-refractivity contribution in [3.05, 3.63) is 17.3 Å². The molecule has 118 valence electrons. The second kappa shape index (κ2) is 5.79. The van der Waals surface area contributed by atoms with Gasteiger partial charge in [-0.2, -0.15) is 23.4 Å². The number of carbonyl (C=O) groups excluding carboxylic acids is 1. The van der Waals surface area contributed by atoms with Gasteiger partial charge in [-0.1, -0.05) is 0 Å². The normalized spacial score (nSPS) is 15.4. The molecule has 0 saturated carbocycles. The van der Waals surface area contributed by atoms with Crippen LogP contribution in [0.25, 0.3) is 0 Å². The number of hydrogen-bond donors (Lipinski definition) is 1. The van der Waals surface area contributed by atoms with Gasteiger partial charge in [-0.15, -0.1) is 12.3 Å². The average molecular weight is 314 g/mol. The highest BCUT2D eigenvalue weighted by Crippen LogP contribution is 2.36. The lowest BCUT2D eigenvalue weighted by molar-refractivity contribution is -0.157. The van der Waals surface area contributed by atoms with Crippen LogP contribution in [0.5, 0.6) is 0 Å². The van der Waals surface area contributed by atoms with E-state index in [1.54, 1.807) is 0 Å². The third kappa shape index (κ3) is 3.63. The van der Waals surface area contributed by atoms with Crippen LogP contribution in [0.2, 0.25) is 0 Å². The van der Waals surface area contributed by atoms with E-state index < -0.39 is 29.4 Å². The van der Waals surface area contributed by atoms with Gasteiger partial charge < -0.3 is 9.73 Å². The molecule has 0 saturated heterocycles. The van der Waals surface area contributed by atoms with E-state index in [4.69, 9.17) is 6.42 Å². The van der Waals surface area contributed by atoms with Crippen LogP contribution in [0.15, 0.2) is 14.6 Å². The number of halogens is 3. The Hall–Kier alpha value is -2.37. The summed E-state index contributed by atoms with van der Waals surface area (Å²) in [5.74, 6) is -0.167. The molecule has 1 aromatic heterocycles. The van der Waals surface area contributed by atoms with Crippen LogP contribution in [0.4, 0.5) is 13.2 Å². The Morgan fingerprint density at radius 2 is 2.09 bits per heavy atom. The lowest BCUT2D eigenvalue weighted by Crippen LogP contribution is -2.28. The molecule has 2 rings (SSSR count). The summed E-state index contributed by atoms with van der Waals surface area (Å²) in [6.07, 6.45) is 1.95. The highest BCUT2D eigenvalue weighted by molar-refractivity contribution is 5.92. The van der Waals surface area contributed by atoms with Gasteiger partial charge in [-0.3, -0.25) is 4.79 Å². The van der Waals surface area contributed by atoms with Gasteiger partial charge in [0.1, 0.15) is 0 Å². The minimum atomic E-state index is -4.73. The largest absolute Gasteiger partial charge is 0.468 e. The van der Waals surface area contributed by atoms with E-state index in [0.29, 0.717) is 19.3 Å². The number of rotatable bonds is 6. The second-order valence-corrected chi connectivity index (χ2v) is 4.82. The van der Waals surface area contributed by atoms with E-state index in [0.717, 1.165) is 0 Å². The maximum Gasteiger partial charge on any atom is 0.468 e. The summed E-state index contributed by atoms with van der Waals surface area (Å²) in [4.78, 5) is 15.0. The third-order valence-electron chi connectivity index (χ3n) is 3.11. The zero-order chi connectivity index (χ0) is 16.4. The highest BCUT2D eigenvalue weighted by atomic mass is 19.4. The van der Waals surface area contributed by atoms with Crippen molar-refractivity contribution in [1.82, 2.24) is 10.3 Å². The van der Waals surface area contributed by atoms with Crippen molar-refractivity contribution >= 4 is 5.91 Å². The monoisotopic (exact) mass is 314 g/mol. The Labute approximate surface area is 124 Å². The lowest BCUT2D eigenvalue weighted by atomic mass is 10.0. The maximum absolute atomic E-state index is 12.5. The molecule has 6 nitrogen and oxygen atoms in total. The van der Waals surface area contributed by atoms with Crippen LogP contribution < -0.4 is 5.32 Å². The van der Waals surface area contributed by atoms with Gasteiger partial charge in [0.25, 0.3) is 5.91 Å². The fourth-order valence-corrected chi connectivity index (χ4v) is 1.85. The number of aromatic nitrogens is 1. The summed E-state index contributed by atoms with van der Waals surface area (Å²) < 4.78 is 41.8. The Bertz CT molecular complexity index is 637. The fraction of sp³-hybridized carbons (Fsp3) is 0.538. The molecule has 0 aromatic carbocycles. The quantitative estimate of drug-likeness (QED) is 0.820. The average Bonchev–Trinajstić information content (AvgIpc) is 3.08. The summed E-state index contributed by atoms with van der Waals surface area (Å²) in [5, 5.41) is 10.2. The molecule has 22 heavy (non-hydrogen) atoms. The highest BCUT2D eigenvalue weighted by Gasteiger charge is 2.40. The van der Waals surface area contributed by atoms with Crippen LogP contribution in [0.3, 0.4) is 0 Å². The summed E-state index contributed by atoms with van der Waals surface area (Å²) >= 11 is 0. The summed E-state index contributed by atoms with van der Waals surface area (Å²) in [5.41, 5.74) is -0.680. The lowest BCUT2D eigenvalue weighted by Gasteiger charge is -2.09. The number of alkyl halides is 3. The molecule has 1 aliphatic rings. The van der Waals surface area contributed by atoms with Crippen LogP contribution in [0, 0.1) is 19.3 Å². The molecule has 0 atom stereocenters. The molecule has 0 aliphatic carbocycles. The van der Waals surface area contributed by atoms with Crippen molar-refractivity contribution < 1.29 is 22.4 Å². The van der Waals surface area contributed by atoms with E-state index in [-0.39, 0.29) is 12.2 Å². The van der Waals surface area contributed by atoms with Gasteiger partial charge >= 0.3 is 12.1 Å². The predicted molar refractivity (Wildman–Crippen MR) is 68.8 cm³/mol. The van der Waals surface area contributed by atoms with Gasteiger partial charge in [0.15, 0.2) is 5.66 Å². The zero-order valence-electron chi connectivity index (χ0n) is 11.7. The van der Waals surface area contributed by atoms with Crippen molar-refractivity contribution in [3.8, 4) is 12.3 Å². The van der Waals surface area contributed by atoms with Gasteiger partial charge in [-0.25, -0.2) is 4.98 Å². The van der Waals surface area contributed by atoms with E-state index in [2.05, 4.69) is 30.9 Å². The SMILES string of the molecule is C#CCCC1(CCNC(=O)c2oc(C(F)(F)F)nc2C)N=N1. The molecular formula is C13H13F3N4O2. The first-order valence-corrected chi connectivity index (χ1v) is 6.48. The van der Waals surface area contributed by atoms with Crippen LogP contribution in [-0.4, -0.2) is 23.1 Å². The molecule has 2 heterocycles. The van der Waals surface area contributed by atoms with Crippen molar-refractivity contribution in [2.45, 2.75) is 38.0 Å². The summed E-state index contributed by atoms with van der Waals surface area (Å²) in [6, 6.07) is 0. The third-order valence-corrected chi connectivity index (χ3v) is 3.11. The predicted octanol–water partition coefficient (Wildman–Crippen LogP) is 2.70. The molecule has 1 aromatic rings. The number of terminal acetylenes is 1. The van der Waals surface area contributed by atoms with Crippen LogP contribution in [0.1, 0.15) is 41.4 Å². The summed E-state index contributed by atoms with van der Waals surface area (Å²) in [7, 11) is 0. The number of nitrogens with zero attached hydrogens (tertiary/aromatic N) is 3. The Kier molecular flexibility index (Phi) is 4.21. The molecule has 0 unspecified atom stereocenters. The van der Waals surface area contributed by atoms with Crippen LogP contribution >= 0.6 is 0 Å². The molecule has 0 bridgehead atoms. The molecular weight excluding hydrogens is 301 g/mol. The Morgan fingerprint density at radius 3 is 2.59 bits per heavy atom. The number of oxazole rings is 1. The van der Waals surface area contributed by atoms with E-state index >= 15 is 0 Å².